The van der Waals surface area contributed by atoms with Gasteiger partial charge in [0.25, 0.3) is 5.91 Å². The van der Waals surface area contributed by atoms with E-state index in [9.17, 15) is 14.4 Å². The lowest BCUT2D eigenvalue weighted by Crippen LogP contribution is -2.43. The van der Waals surface area contributed by atoms with Crippen LogP contribution in [0.2, 0.25) is 0 Å². The number of para-hydroxylation sites is 2. The Morgan fingerprint density at radius 1 is 1.14 bits per heavy atom. The van der Waals surface area contributed by atoms with E-state index in [1.807, 2.05) is 20.8 Å². The molecule has 0 saturated carbocycles. The molecule has 2 rings (SSSR count). The van der Waals surface area contributed by atoms with Crippen molar-refractivity contribution in [2.75, 3.05) is 25.5 Å². The van der Waals surface area contributed by atoms with E-state index in [4.69, 9.17) is 14.2 Å². The summed E-state index contributed by atoms with van der Waals surface area (Å²) in [5, 5.41) is 2.70. The number of nitrogens with zero attached hydrogens (tertiary/aromatic N) is 1. The monoisotopic (exact) mass is 406 g/mol. The fourth-order valence-electron chi connectivity index (χ4n) is 2.93. The summed E-state index contributed by atoms with van der Waals surface area (Å²) in [6.45, 7) is 7.79. The molecule has 1 fully saturated rings. The highest BCUT2D eigenvalue weighted by Crippen LogP contribution is 2.24. The normalized spacial score (nSPS) is 16.0. The molecule has 160 valence electrons. The van der Waals surface area contributed by atoms with Crippen LogP contribution in [0, 0.1) is 5.92 Å². The van der Waals surface area contributed by atoms with Crippen LogP contribution in [-0.4, -0.2) is 54.8 Å². The predicted molar refractivity (Wildman–Crippen MR) is 108 cm³/mol. The number of carbonyl (C=O) groups is 3. The standard InChI is InChI=1S/C21H30N2O6/c1-14(18(24)22-16-8-6-7-9-17(16)27-5)28-19(25)15-10-12-23(13-11-15)20(26)29-21(2,3)4/h6-9,14-15H,10-13H2,1-5H3,(H,22,24)/t14-/m0/s1. The first-order valence-corrected chi connectivity index (χ1v) is 9.73. The van der Waals surface area contributed by atoms with Crippen molar-refractivity contribution >= 4 is 23.7 Å². The highest BCUT2D eigenvalue weighted by molar-refractivity contribution is 5.96. The Morgan fingerprint density at radius 3 is 2.34 bits per heavy atom. The van der Waals surface area contributed by atoms with E-state index in [1.165, 1.54) is 14.0 Å². The average Bonchev–Trinajstić information content (AvgIpc) is 2.67. The summed E-state index contributed by atoms with van der Waals surface area (Å²) in [7, 11) is 1.51. The zero-order valence-corrected chi connectivity index (χ0v) is 17.7. The molecule has 0 unspecified atom stereocenters. The van der Waals surface area contributed by atoms with Crippen LogP contribution >= 0.6 is 0 Å². The van der Waals surface area contributed by atoms with Crippen LogP contribution in [0.4, 0.5) is 10.5 Å². The molecule has 8 heteroatoms. The maximum absolute atomic E-state index is 12.4. The van der Waals surface area contributed by atoms with Crippen molar-refractivity contribution in [3.05, 3.63) is 24.3 Å². The molecule has 1 aromatic carbocycles. The average molecular weight is 406 g/mol. The Labute approximate surface area is 171 Å². The largest absolute Gasteiger partial charge is 0.495 e. The molecule has 0 bridgehead atoms. The highest BCUT2D eigenvalue weighted by Gasteiger charge is 2.32. The van der Waals surface area contributed by atoms with Crippen molar-refractivity contribution in [3.8, 4) is 5.75 Å². The SMILES string of the molecule is COc1ccccc1NC(=O)[C@H](C)OC(=O)C1CCN(C(=O)OC(C)(C)C)CC1. The van der Waals surface area contributed by atoms with Gasteiger partial charge in [0, 0.05) is 13.1 Å². The molecule has 1 heterocycles. The Balaban J connectivity index is 1.83. The van der Waals surface area contributed by atoms with Gasteiger partial charge in [-0.3, -0.25) is 9.59 Å². The van der Waals surface area contributed by atoms with Gasteiger partial charge in [-0.25, -0.2) is 4.79 Å². The number of rotatable bonds is 5. The van der Waals surface area contributed by atoms with E-state index in [0.717, 1.165) is 0 Å². The third-order valence-corrected chi connectivity index (χ3v) is 4.51. The Morgan fingerprint density at radius 2 is 1.76 bits per heavy atom. The number of benzene rings is 1. The first-order valence-electron chi connectivity index (χ1n) is 9.73. The van der Waals surface area contributed by atoms with E-state index in [-0.39, 0.29) is 12.0 Å². The zero-order chi connectivity index (χ0) is 21.6. The minimum Gasteiger partial charge on any atom is -0.495 e. The van der Waals surface area contributed by atoms with Crippen LogP contribution in [0.3, 0.4) is 0 Å². The van der Waals surface area contributed by atoms with Crippen LogP contribution in [0.25, 0.3) is 0 Å². The van der Waals surface area contributed by atoms with E-state index >= 15 is 0 Å². The first kappa shape index (κ1) is 22.5. The number of esters is 1. The molecule has 1 aliphatic rings. The minimum atomic E-state index is -0.948. The van der Waals surface area contributed by atoms with E-state index in [1.54, 1.807) is 29.2 Å². The Kier molecular flexibility index (Phi) is 7.47. The van der Waals surface area contributed by atoms with Gasteiger partial charge < -0.3 is 24.4 Å². The van der Waals surface area contributed by atoms with Crippen LogP contribution in [0.5, 0.6) is 5.75 Å². The third-order valence-electron chi connectivity index (χ3n) is 4.51. The molecule has 0 spiro atoms. The van der Waals surface area contributed by atoms with Crippen LogP contribution in [0.15, 0.2) is 24.3 Å². The smallest absolute Gasteiger partial charge is 0.410 e. The Bertz CT molecular complexity index is 735. The summed E-state index contributed by atoms with van der Waals surface area (Å²) in [5.41, 5.74) is -0.0505. The third kappa shape index (κ3) is 6.66. The van der Waals surface area contributed by atoms with Crippen molar-refractivity contribution in [1.82, 2.24) is 4.90 Å². The summed E-state index contributed by atoms with van der Waals surface area (Å²) in [6, 6.07) is 7.00. The number of piperidine rings is 1. The number of hydrogen-bond donors (Lipinski definition) is 1. The number of amides is 2. The van der Waals surface area contributed by atoms with Crippen molar-refractivity contribution in [3.63, 3.8) is 0 Å². The second-order valence-corrected chi connectivity index (χ2v) is 8.01. The molecule has 1 N–H and O–H groups in total. The van der Waals surface area contributed by atoms with Gasteiger partial charge in [-0.05, 0) is 52.7 Å². The summed E-state index contributed by atoms with van der Waals surface area (Å²) < 4.78 is 15.9. The number of nitrogens with one attached hydrogen (secondary N) is 1. The number of hydrogen-bond acceptors (Lipinski definition) is 6. The van der Waals surface area contributed by atoms with Crippen LogP contribution in [0.1, 0.15) is 40.5 Å². The van der Waals surface area contributed by atoms with Gasteiger partial charge in [-0.1, -0.05) is 12.1 Å². The molecule has 1 aromatic rings. The predicted octanol–water partition coefficient (Wildman–Crippen LogP) is 3.21. The zero-order valence-electron chi connectivity index (χ0n) is 17.7. The molecule has 0 aliphatic carbocycles. The number of likely N-dealkylation sites (tertiary alicyclic amines) is 1. The van der Waals surface area contributed by atoms with Crippen LogP contribution < -0.4 is 10.1 Å². The van der Waals surface area contributed by atoms with Crippen molar-refractivity contribution < 1.29 is 28.6 Å². The lowest BCUT2D eigenvalue weighted by Gasteiger charge is -2.32. The van der Waals surface area contributed by atoms with Gasteiger partial charge in [0.05, 0.1) is 18.7 Å². The number of ether oxygens (including phenoxy) is 3. The molecule has 1 aliphatic heterocycles. The van der Waals surface area contributed by atoms with E-state index in [2.05, 4.69) is 5.32 Å². The molecule has 1 saturated heterocycles. The maximum Gasteiger partial charge on any atom is 0.410 e. The second-order valence-electron chi connectivity index (χ2n) is 8.01. The molecule has 0 aromatic heterocycles. The van der Waals surface area contributed by atoms with Crippen molar-refractivity contribution in [2.45, 2.75) is 52.2 Å². The van der Waals surface area contributed by atoms with Crippen molar-refractivity contribution in [2.24, 2.45) is 5.92 Å². The number of anilines is 1. The van der Waals surface area contributed by atoms with E-state index < -0.39 is 23.6 Å². The molecular weight excluding hydrogens is 376 g/mol. The van der Waals surface area contributed by atoms with Gasteiger partial charge in [-0.15, -0.1) is 0 Å². The number of methoxy groups -OCH3 is 1. The van der Waals surface area contributed by atoms with Crippen molar-refractivity contribution in [1.29, 1.82) is 0 Å². The second kappa shape index (κ2) is 9.62. The lowest BCUT2D eigenvalue weighted by molar-refractivity contribution is -0.158. The van der Waals surface area contributed by atoms with Gasteiger partial charge >= 0.3 is 12.1 Å². The summed E-state index contributed by atoms with van der Waals surface area (Å²) in [6.07, 6.45) is -0.386. The minimum absolute atomic E-state index is 0.352. The molecule has 1 atom stereocenters. The van der Waals surface area contributed by atoms with Crippen LogP contribution in [-0.2, 0) is 19.1 Å². The molecular formula is C21H30N2O6. The highest BCUT2D eigenvalue weighted by atomic mass is 16.6. The molecule has 8 nitrogen and oxygen atoms in total. The quantitative estimate of drug-likeness (QED) is 0.755. The summed E-state index contributed by atoms with van der Waals surface area (Å²) in [4.78, 5) is 38.5. The van der Waals surface area contributed by atoms with E-state index in [0.29, 0.717) is 37.4 Å². The topological polar surface area (TPSA) is 94.2 Å². The fourth-order valence-corrected chi connectivity index (χ4v) is 2.93. The molecule has 0 radical (unpaired) electrons. The van der Waals surface area contributed by atoms with Gasteiger partial charge in [0.2, 0.25) is 0 Å². The van der Waals surface area contributed by atoms with Gasteiger partial charge in [-0.2, -0.15) is 0 Å². The summed E-state index contributed by atoms with van der Waals surface area (Å²) in [5.74, 6) is -0.699. The first-order chi connectivity index (χ1) is 13.6. The molecule has 2 amide bonds. The number of carbonyl (C=O) groups excluding carboxylic acids is 3. The summed E-state index contributed by atoms with van der Waals surface area (Å²) >= 11 is 0. The Hall–Kier alpha value is -2.77. The van der Waals surface area contributed by atoms with Gasteiger partial charge in [0.1, 0.15) is 11.4 Å². The fraction of sp³-hybridized carbons (Fsp3) is 0.571. The maximum atomic E-state index is 12.4. The molecule has 29 heavy (non-hydrogen) atoms. The lowest BCUT2D eigenvalue weighted by atomic mass is 9.97. The van der Waals surface area contributed by atoms with Gasteiger partial charge in [0.15, 0.2) is 6.10 Å².